The zero-order valence-corrected chi connectivity index (χ0v) is 12.0. The Labute approximate surface area is 119 Å². The van der Waals surface area contributed by atoms with Crippen molar-refractivity contribution in [3.8, 4) is 0 Å². The van der Waals surface area contributed by atoms with Crippen LogP contribution in [0.1, 0.15) is 16.7 Å². The third kappa shape index (κ3) is 3.49. The molecule has 0 spiro atoms. The third-order valence-electron chi connectivity index (χ3n) is 3.15. The van der Waals surface area contributed by atoms with Crippen LogP contribution in [0.4, 0.5) is 5.69 Å². The predicted octanol–water partition coefficient (Wildman–Crippen LogP) is 3.78. The number of aryl methyl sites for hydroxylation is 1. The molecule has 0 atom stereocenters. The Balaban J connectivity index is 2.15. The number of benzene rings is 2. The molecule has 2 aromatic carbocycles. The Morgan fingerprint density at radius 2 is 1.68 bits per heavy atom. The topological polar surface area (TPSA) is 23.5 Å². The minimum absolute atomic E-state index is 0.0156. The summed E-state index contributed by atoms with van der Waals surface area (Å²) in [5.74, 6) is 0. The fourth-order valence-electron chi connectivity index (χ4n) is 2.01. The van der Waals surface area contributed by atoms with Gasteiger partial charge in [-0.25, -0.2) is 0 Å². The van der Waals surface area contributed by atoms with Gasteiger partial charge in [-0.15, -0.1) is 0 Å². The molecule has 100 valence electrons. The zero-order valence-electron chi connectivity index (χ0n) is 11.2. The molecule has 0 fully saturated rings. The van der Waals surface area contributed by atoms with Crippen molar-refractivity contribution in [2.24, 2.45) is 0 Å². The largest absolute Gasteiger partial charge is 0.392 e. The van der Waals surface area contributed by atoms with Crippen molar-refractivity contribution in [2.75, 3.05) is 11.9 Å². The van der Waals surface area contributed by atoms with Gasteiger partial charge in [-0.1, -0.05) is 47.5 Å². The number of hydrogen-bond acceptors (Lipinski definition) is 2. The molecule has 0 aliphatic rings. The van der Waals surface area contributed by atoms with Crippen LogP contribution in [0.3, 0.4) is 0 Å². The molecule has 2 nitrogen and oxygen atoms in total. The lowest BCUT2D eigenvalue weighted by molar-refractivity contribution is 0.282. The maximum absolute atomic E-state index is 9.08. The maximum Gasteiger partial charge on any atom is 0.0682 e. The van der Waals surface area contributed by atoms with Crippen molar-refractivity contribution >= 4 is 17.3 Å². The average molecular weight is 276 g/mol. The summed E-state index contributed by atoms with van der Waals surface area (Å²) < 4.78 is 0. The molecule has 0 saturated carbocycles. The first-order valence-electron chi connectivity index (χ1n) is 6.26. The van der Waals surface area contributed by atoms with Crippen LogP contribution in [0, 0.1) is 6.92 Å². The summed E-state index contributed by atoms with van der Waals surface area (Å²) in [6.45, 7) is 2.90. The number of aliphatic hydroxyl groups excluding tert-OH is 1. The first kappa shape index (κ1) is 13.9. The van der Waals surface area contributed by atoms with Gasteiger partial charge < -0.3 is 10.0 Å². The van der Waals surface area contributed by atoms with Crippen LogP contribution in [0.2, 0.25) is 5.02 Å². The van der Waals surface area contributed by atoms with Crippen molar-refractivity contribution in [1.29, 1.82) is 0 Å². The lowest BCUT2D eigenvalue weighted by Gasteiger charge is -2.21. The molecule has 2 aromatic rings. The first-order chi connectivity index (χ1) is 9.10. The first-order valence-corrected chi connectivity index (χ1v) is 6.64. The van der Waals surface area contributed by atoms with Gasteiger partial charge >= 0.3 is 0 Å². The number of nitrogens with zero attached hydrogens (tertiary/aromatic N) is 1. The summed E-state index contributed by atoms with van der Waals surface area (Å²) in [5, 5.41) is 9.75. The summed E-state index contributed by atoms with van der Waals surface area (Å²) in [6.07, 6.45) is 0. The Hall–Kier alpha value is -1.51. The minimum Gasteiger partial charge on any atom is -0.392 e. The smallest absolute Gasteiger partial charge is 0.0682 e. The molecule has 1 N–H and O–H groups in total. The Morgan fingerprint density at radius 1 is 1.05 bits per heavy atom. The van der Waals surface area contributed by atoms with Crippen LogP contribution in [0.15, 0.2) is 42.5 Å². The molecule has 0 aliphatic heterocycles. The molecule has 0 amide bonds. The minimum atomic E-state index is 0.0156. The van der Waals surface area contributed by atoms with Gasteiger partial charge in [-0.3, -0.25) is 0 Å². The second-order valence-electron chi connectivity index (χ2n) is 4.79. The molecule has 0 saturated heterocycles. The highest BCUT2D eigenvalue weighted by Gasteiger charge is 2.07. The molecular weight excluding hydrogens is 258 g/mol. The monoisotopic (exact) mass is 275 g/mol. The van der Waals surface area contributed by atoms with E-state index in [4.69, 9.17) is 16.7 Å². The van der Waals surface area contributed by atoms with E-state index in [1.807, 2.05) is 25.2 Å². The molecule has 0 aromatic heterocycles. The molecule has 2 rings (SSSR count). The van der Waals surface area contributed by atoms with Gasteiger partial charge in [0.2, 0.25) is 0 Å². The van der Waals surface area contributed by atoms with E-state index in [0.29, 0.717) is 5.02 Å². The fraction of sp³-hybridized carbons (Fsp3) is 0.250. The number of rotatable bonds is 4. The van der Waals surface area contributed by atoms with E-state index in [2.05, 4.69) is 36.1 Å². The van der Waals surface area contributed by atoms with Gasteiger partial charge in [0, 0.05) is 13.6 Å². The number of aliphatic hydroxyl groups is 1. The van der Waals surface area contributed by atoms with Crippen LogP contribution in [-0.4, -0.2) is 12.2 Å². The number of hydrogen-bond donors (Lipinski definition) is 1. The van der Waals surface area contributed by atoms with Crippen LogP contribution in [0.25, 0.3) is 0 Å². The Bertz CT molecular complexity index is 551. The van der Waals surface area contributed by atoms with Gasteiger partial charge in [-0.2, -0.15) is 0 Å². The summed E-state index contributed by atoms with van der Waals surface area (Å²) >= 11 is 6.24. The normalized spacial score (nSPS) is 10.5. The fourth-order valence-corrected chi connectivity index (χ4v) is 2.36. The van der Waals surface area contributed by atoms with Gasteiger partial charge in [0.15, 0.2) is 0 Å². The van der Waals surface area contributed by atoms with E-state index in [9.17, 15) is 0 Å². The van der Waals surface area contributed by atoms with Gasteiger partial charge in [0.05, 0.1) is 17.3 Å². The molecule has 0 unspecified atom stereocenters. The van der Waals surface area contributed by atoms with Gasteiger partial charge in [-0.05, 0) is 30.2 Å². The second kappa shape index (κ2) is 6.09. The molecule has 0 radical (unpaired) electrons. The van der Waals surface area contributed by atoms with E-state index in [1.165, 1.54) is 11.1 Å². The number of anilines is 1. The summed E-state index contributed by atoms with van der Waals surface area (Å²) in [6, 6.07) is 14.1. The molecule has 3 heteroatoms. The lowest BCUT2D eigenvalue weighted by Crippen LogP contribution is -2.16. The second-order valence-corrected chi connectivity index (χ2v) is 5.19. The zero-order chi connectivity index (χ0) is 13.8. The summed E-state index contributed by atoms with van der Waals surface area (Å²) in [5.41, 5.74) is 4.31. The summed E-state index contributed by atoms with van der Waals surface area (Å²) in [4.78, 5) is 2.11. The highest BCUT2D eigenvalue weighted by Crippen LogP contribution is 2.27. The van der Waals surface area contributed by atoms with E-state index in [0.717, 1.165) is 17.8 Å². The van der Waals surface area contributed by atoms with E-state index in [-0.39, 0.29) is 6.61 Å². The maximum atomic E-state index is 9.08. The van der Waals surface area contributed by atoms with Crippen LogP contribution in [0.5, 0.6) is 0 Å². The van der Waals surface area contributed by atoms with Crippen LogP contribution < -0.4 is 4.90 Å². The van der Waals surface area contributed by atoms with E-state index >= 15 is 0 Å². The van der Waals surface area contributed by atoms with Crippen molar-refractivity contribution in [2.45, 2.75) is 20.1 Å². The third-order valence-corrected chi connectivity index (χ3v) is 3.45. The predicted molar refractivity (Wildman–Crippen MR) is 80.7 cm³/mol. The van der Waals surface area contributed by atoms with E-state index < -0.39 is 0 Å². The summed E-state index contributed by atoms with van der Waals surface area (Å²) in [7, 11) is 2.01. The lowest BCUT2D eigenvalue weighted by atomic mass is 10.1. The standard InChI is InChI=1S/C16H18ClNO/c1-12-3-5-13(6-4-12)10-18(2)16-8-7-14(11-19)9-15(16)17/h3-9,19H,10-11H2,1-2H3. The average Bonchev–Trinajstić information content (AvgIpc) is 2.41. The van der Waals surface area contributed by atoms with Crippen molar-refractivity contribution in [3.63, 3.8) is 0 Å². The Morgan fingerprint density at radius 3 is 2.26 bits per heavy atom. The molecular formula is C16H18ClNO. The van der Waals surface area contributed by atoms with Crippen molar-refractivity contribution < 1.29 is 5.11 Å². The Kier molecular flexibility index (Phi) is 4.46. The molecule has 19 heavy (non-hydrogen) atoms. The van der Waals surface area contributed by atoms with Crippen molar-refractivity contribution in [1.82, 2.24) is 0 Å². The highest BCUT2D eigenvalue weighted by atomic mass is 35.5. The molecule has 0 aliphatic carbocycles. The van der Waals surface area contributed by atoms with Crippen molar-refractivity contribution in [3.05, 3.63) is 64.2 Å². The van der Waals surface area contributed by atoms with Gasteiger partial charge in [0.1, 0.15) is 0 Å². The van der Waals surface area contributed by atoms with Crippen LogP contribution >= 0.6 is 11.6 Å². The number of halogens is 1. The SMILES string of the molecule is Cc1ccc(CN(C)c2ccc(CO)cc2Cl)cc1. The quantitative estimate of drug-likeness (QED) is 0.918. The molecule has 0 heterocycles. The van der Waals surface area contributed by atoms with Gasteiger partial charge in [0.25, 0.3) is 0 Å². The van der Waals surface area contributed by atoms with E-state index in [1.54, 1.807) is 0 Å². The highest BCUT2D eigenvalue weighted by molar-refractivity contribution is 6.33. The van der Waals surface area contributed by atoms with Crippen LogP contribution in [-0.2, 0) is 13.2 Å². The molecule has 0 bridgehead atoms.